The van der Waals surface area contributed by atoms with Crippen molar-refractivity contribution in [2.75, 3.05) is 0 Å². The molecule has 0 aliphatic carbocycles. The highest BCUT2D eigenvalue weighted by atomic mass is 35.5. The molecule has 1 radical (unpaired) electrons. The van der Waals surface area contributed by atoms with Gasteiger partial charge in [-0.3, -0.25) is 5.41 Å². The standard InChI is InChI=1S/C12H12ClF3NOS/c1-11(2,3)19(18)10(17)8-6-7(13)4-5-9(8)12(14,15)16/h4-5,17H,1-3H3. The van der Waals surface area contributed by atoms with Crippen molar-refractivity contribution >= 4 is 27.8 Å². The Kier molecular flexibility index (Phi) is 4.59. The van der Waals surface area contributed by atoms with Crippen LogP contribution in [-0.4, -0.2) is 14.3 Å². The van der Waals surface area contributed by atoms with E-state index in [0.29, 0.717) is 0 Å². The van der Waals surface area contributed by atoms with Gasteiger partial charge in [0.2, 0.25) is 5.04 Å². The second-order valence-corrected chi connectivity index (χ2v) is 7.38. The first-order chi connectivity index (χ1) is 8.44. The minimum absolute atomic E-state index is 0.0568. The van der Waals surface area contributed by atoms with Crippen molar-refractivity contribution in [3.63, 3.8) is 0 Å². The maximum atomic E-state index is 12.8. The van der Waals surface area contributed by atoms with Gasteiger partial charge < -0.3 is 4.55 Å². The first kappa shape index (κ1) is 16.3. The minimum atomic E-state index is -4.65. The molecule has 0 saturated carbocycles. The molecule has 1 unspecified atom stereocenters. The molecule has 0 fully saturated rings. The van der Waals surface area contributed by atoms with Gasteiger partial charge in [0.05, 0.1) is 11.1 Å². The van der Waals surface area contributed by atoms with Gasteiger partial charge in [-0.1, -0.05) is 11.6 Å². The number of rotatable bonds is 1. The summed E-state index contributed by atoms with van der Waals surface area (Å²) in [6, 6.07) is 4.07. The minimum Gasteiger partial charge on any atom is -0.610 e. The van der Waals surface area contributed by atoms with E-state index in [1.807, 2.05) is 0 Å². The highest BCUT2D eigenvalue weighted by Gasteiger charge is 2.39. The van der Waals surface area contributed by atoms with Crippen molar-refractivity contribution in [2.45, 2.75) is 31.7 Å². The van der Waals surface area contributed by atoms with Crippen LogP contribution in [-0.2, 0) is 17.4 Å². The van der Waals surface area contributed by atoms with Crippen LogP contribution >= 0.6 is 11.6 Å². The molecule has 0 amide bonds. The third kappa shape index (κ3) is 3.87. The van der Waals surface area contributed by atoms with Gasteiger partial charge in [0.1, 0.15) is 4.75 Å². The smallest absolute Gasteiger partial charge is 0.417 e. The molecule has 19 heavy (non-hydrogen) atoms. The molecule has 0 bridgehead atoms. The molecule has 1 N–H and O–H groups in total. The van der Waals surface area contributed by atoms with E-state index in [0.717, 1.165) is 12.1 Å². The van der Waals surface area contributed by atoms with Gasteiger partial charge in [-0.2, -0.15) is 13.2 Å². The Bertz CT molecular complexity index is 497. The number of alkyl halides is 3. The van der Waals surface area contributed by atoms with Crippen molar-refractivity contribution in [1.82, 2.24) is 0 Å². The fourth-order valence-electron chi connectivity index (χ4n) is 1.28. The molecule has 1 aromatic rings. The average Bonchev–Trinajstić information content (AvgIpc) is 2.24. The zero-order chi connectivity index (χ0) is 15.0. The Balaban J connectivity index is 3.34. The van der Waals surface area contributed by atoms with E-state index in [1.54, 1.807) is 20.8 Å². The SMILES string of the molecule is CC(C)(C)[S+]([O-])C(=N)c1[c]c(Cl)ccc1C(F)(F)F. The largest absolute Gasteiger partial charge is 0.610 e. The Labute approximate surface area is 117 Å². The van der Waals surface area contributed by atoms with Crippen LogP contribution in [0.4, 0.5) is 13.2 Å². The van der Waals surface area contributed by atoms with E-state index in [9.17, 15) is 17.7 Å². The van der Waals surface area contributed by atoms with Gasteiger partial charge >= 0.3 is 6.18 Å². The lowest BCUT2D eigenvalue weighted by Gasteiger charge is -2.25. The molecule has 0 spiro atoms. The fraction of sp³-hybridized carbons (Fsp3) is 0.417. The van der Waals surface area contributed by atoms with Gasteiger partial charge in [0, 0.05) is 22.3 Å². The van der Waals surface area contributed by atoms with E-state index in [1.165, 1.54) is 0 Å². The monoisotopic (exact) mass is 310 g/mol. The third-order valence-electron chi connectivity index (χ3n) is 2.18. The van der Waals surface area contributed by atoms with Crippen molar-refractivity contribution < 1.29 is 17.7 Å². The van der Waals surface area contributed by atoms with Crippen molar-refractivity contribution in [3.05, 3.63) is 34.3 Å². The van der Waals surface area contributed by atoms with Crippen molar-refractivity contribution in [2.24, 2.45) is 0 Å². The molecule has 0 aromatic heterocycles. The lowest BCUT2D eigenvalue weighted by Crippen LogP contribution is -2.35. The fourth-order valence-corrected chi connectivity index (χ4v) is 2.40. The highest BCUT2D eigenvalue weighted by molar-refractivity contribution is 8.07. The molecule has 0 aliphatic rings. The second kappa shape index (κ2) is 5.34. The van der Waals surface area contributed by atoms with Crippen LogP contribution in [0, 0.1) is 11.5 Å². The summed E-state index contributed by atoms with van der Waals surface area (Å²) < 4.78 is 49.7. The highest BCUT2D eigenvalue weighted by Crippen LogP contribution is 2.35. The summed E-state index contributed by atoms with van der Waals surface area (Å²) in [7, 11) is 0. The maximum Gasteiger partial charge on any atom is 0.417 e. The van der Waals surface area contributed by atoms with Gasteiger partial charge in [-0.25, -0.2) is 0 Å². The van der Waals surface area contributed by atoms with E-state index in [-0.39, 0.29) is 5.02 Å². The van der Waals surface area contributed by atoms with Crippen LogP contribution in [0.2, 0.25) is 5.02 Å². The van der Waals surface area contributed by atoms with Gasteiger partial charge in [0.15, 0.2) is 0 Å². The van der Waals surface area contributed by atoms with Crippen LogP contribution < -0.4 is 0 Å². The quantitative estimate of drug-likeness (QED) is 0.475. The number of hydrogen-bond acceptors (Lipinski definition) is 2. The molecular weight excluding hydrogens is 299 g/mol. The molecule has 2 nitrogen and oxygen atoms in total. The predicted molar refractivity (Wildman–Crippen MR) is 70.0 cm³/mol. The molecule has 0 saturated heterocycles. The third-order valence-corrected chi connectivity index (χ3v) is 4.09. The summed E-state index contributed by atoms with van der Waals surface area (Å²) in [4.78, 5) is 0. The number of nitrogens with one attached hydrogen (secondary N) is 1. The zero-order valence-electron chi connectivity index (χ0n) is 10.5. The lowest BCUT2D eigenvalue weighted by molar-refractivity contribution is -0.137. The first-order valence-corrected chi connectivity index (χ1v) is 6.77. The van der Waals surface area contributed by atoms with Crippen LogP contribution in [0.25, 0.3) is 0 Å². The summed E-state index contributed by atoms with van der Waals surface area (Å²) in [5, 5.41) is 7.04. The van der Waals surface area contributed by atoms with E-state index in [2.05, 4.69) is 6.07 Å². The Morgan fingerprint density at radius 3 is 2.26 bits per heavy atom. The summed E-state index contributed by atoms with van der Waals surface area (Å²) >= 11 is 3.72. The average molecular weight is 311 g/mol. The summed E-state index contributed by atoms with van der Waals surface area (Å²) in [6.07, 6.45) is -4.65. The number of halogens is 4. The van der Waals surface area contributed by atoms with Gasteiger partial charge in [-0.15, -0.1) is 0 Å². The molecule has 1 aromatic carbocycles. The Morgan fingerprint density at radius 2 is 1.84 bits per heavy atom. The van der Waals surface area contributed by atoms with Gasteiger partial charge in [-0.05, 0) is 32.9 Å². The van der Waals surface area contributed by atoms with E-state index < -0.39 is 38.3 Å². The molecule has 7 heteroatoms. The predicted octanol–water partition coefficient (Wildman–Crippen LogP) is 4.03. The van der Waals surface area contributed by atoms with Crippen LogP contribution in [0.5, 0.6) is 0 Å². The molecule has 1 atom stereocenters. The van der Waals surface area contributed by atoms with Crippen molar-refractivity contribution in [3.8, 4) is 0 Å². The Morgan fingerprint density at radius 1 is 1.32 bits per heavy atom. The zero-order valence-corrected chi connectivity index (χ0v) is 12.1. The maximum absolute atomic E-state index is 12.8. The van der Waals surface area contributed by atoms with Gasteiger partial charge in [0.25, 0.3) is 0 Å². The van der Waals surface area contributed by atoms with E-state index >= 15 is 0 Å². The van der Waals surface area contributed by atoms with E-state index in [4.69, 9.17) is 17.0 Å². The molecule has 0 aliphatic heterocycles. The van der Waals surface area contributed by atoms with Crippen LogP contribution in [0.3, 0.4) is 0 Å². The second-order valence-electron chi connectivity index (χ2n) is 4.80. The molecular formula is C12H12ClF3NOS. The Hall–Kier alpha value is -0.720. The first-order valence-electron chi connectivity index (χ1n) is 5.24. The lowest BCUT2D eigenvalue weighted by atomic mass is 10.1. The molecule has 0 heterocycles. The summed E-state index contributed by atoms with van der Waals surface area (Å²) in [5.74, 6) is 0. The summed E-state index contributed by atoms with van der Waals surface area (Å²) in [5.41, 5.74) is -1.62. The topological polar surface area (TPSA) is 46.9 Å². The van der Waals surface area contributed by atoms with Crippen molar-refractivity contribution in [1.29, 1.82) is 5.41 Å². The molecule has 105 valence electrons. The van der Waals surface area contributed by atoms with Crippen LogP contribution in [0.1, 0.15) is 31.9 Å². The number of hydrogen-bond donors (Lipinski definition) is 1. The molecule has 1 rings (SSSR count). The number of benzene rings is 1. The summed E-state index contributed by atoms with van der Waals surface area (Å²) in [6.45, 7) is 4.74. The normalized spacial score (nSPS) is 14.3. The van der Waals surface area contributed by atoms with Crippen LogP contribution in [0.15, 0.2) is 12.1 Å².